The van der Waals surface area contributed by atoms with Crippen molar-refractivity contribution in [2.45, 2.75) is 27.7 Å². The Kier molecular flexibility index (Phi) is 4.93. The Hall–Kier alpha value is -2.03. The van der Waals surface area contributed by atoms with Crippen LogP contribution in [0.2, 0.25) is 0 Å². The van der Waals surface area contributed by atoms with Crippen molar-refractivity contribution in [3.05, 3.63) is 46.5 Å². The first-order chi connectivity index (χ1) is 8.88. The molecule has 0 heterocycles. The number of methoxy groups -OCH3 is 1. The van der Waals surface area contributed by atoms with Crippen molar-refractivity contribution in [3.8, 4) is 5.75 Å². The van der Waals surface area contributed by atoms with E-state index in [0.717, 1.165) is 39.7 Å². The monoisotopic (exact) mass is 260 g/mol. The predicted octanol–water partition coefficient (Wildman–Crippen LogP) is 3.66. The molecule has 1 N–H and O–H groups in total. The van der Waals surface area contributed by atoms with E-state index in [4.69, 9.17) is 9.84 Å². The van der Waals surface area contributed by atoms with E-state index in [9.17, 15) is 4.79 Å². The Balaban J connectivity index is 3.25. The highest BCUT2D eigenvalue weighted by molar-refractivity contribution is 5.81. The van der Waals surface area contributed by atoms with Gasteiger partial charge in [-0.2, -0.15) is 0 Å². The molecule has 0 fully saturated rings. The lowest BCUT2D eigenvalue weighted by molar-refractivity contribution is -0.131. The summed E-state index contributed by atoms with van der Waals surface area (Å²) in [6, 6.07) is 2.07. The normalized spacial score (nSPS) is 11.9. The summed E-state index contributed by atoms with van der Waals surface area (Å²) in [4.78, 5) is 10.4. The molecule has 3 heteroatoms. The largest absolute Gasteiger partial charge is 0.496 e. The Morgan fingerprint density at radius 3 is 2.42 bits per heavy atom. The molecule has 3 nitrogen and oxygen atoms in total. The van der Waals surface area contributed by atoms with E-state index < -0.39 is 5.97 Å². The maximum Gasteiger partial charge on any atom is 0.328 e. The number of aryl methyl sites for hydroxylation is 1. The minimum Gasteiger partial charge on any atom is -0.496 e. The van der Waals surface area contributed by atoms with Crippen LogP contribution >= 0.6 is 0 Å². The van der Waals surface area contributed by atoms with Gasteiger partial charge in [0.1, 0.15) is 5.75 Å². The Bertz CT molecular complexity index is 552. The number of benzene rings is 1. The molecule has 1 aromatic rings. The van der Waals surface area contributed by atoms with E-state index in [2.05, 4.69) is 6.07 Å². The summed E-state index contributed by atoms with van der Waals surface area (Å²) in [6.45, 7) is 8.06. The number of carboxylic acid groups (broad SMARTS) is 1. The number of hydrogen-bond donors (Lipinski definition) is 1. The van der Waals surface area contributed by atoms with Gasteiger partial charge in [-0.15, -0.1) is 0 Å². The average molecular weight is 260 g/mol. The van der Waals surface area contributed by atoms with Crippen LogP contribution < -0.4 is 4.74 Å². The van der Waals surface area contributed by atoms with Gasteiger partial charge in [-0.1, -0.05) is 12.2 Å². The van der Waals surface area contributed by atoms with Gasteiger partial charge < -0.3 is 9.84 Å². The van der Waals surface area contributed by atoms with E-state index in [1.807, 2.05) is 33.8 Å². The molecule has 0 amide bonds. The molecule has 0 bridgehead atoms. The summed E-state index contributed by atoms with van der Waals surface area (Å²) in [5.41, 5.74) is 5.50. The van der Waals surface area contributed by atoms with Crippen molar-refractivity contribution < 1.29 is 14.6 Å². The van der Waals surface area contributed by atoms with Gasteiger partial charge in [0.15, 0.2) is 0 Å². The van der Waals surface area contributed by atoms with Gasteiger partial charge >= 0.3 is 5.97 Å². The van der Waals surface area contributed by atoms with Gasteiger partial charge in [0, 0.05) is 6.08 Å². The van der Waals surface area contributed by atoms with E-state index in [1.165, 1.54) is 0 Å². The molecule has 1 rings (SSSR count). The summed E-state index contributed by atoms with van der Waals surface area (Å²) < 4.78 is 5.39. The first-order valence-corrected chi connectivity index (χ1v) is 6.11. The fourth-order valence-corrected chi connectivity index (χ4v) is 2.15. The van der Waals surface area contributed by atoms with Gasteiger partial charge in [-0.05, 0) is 61.6 Å². The highest BCUT2D eigenvalue weighted by Gasteiger charge is 2.11. The number of allylic oxidation sites excluding steroid dienone is 3. The fourth-order valence-electron chi connectivity index (χ4n) is 2.15. The summed E-state index contributed by atoms with van der Waals surface area (Å²) in [5.74, 6) is -0.0296. The third kappa shape index (κ3) is 3.47. The van der Waals surface area contributed by atoms with Gasteiger partial charge in [0.05, 0.1) is 7.11 Å². The number of hydrogen-bond acceptors (Lipinski definition) is 2. The second-order valence-electron chi connectivity index (χ2n) is 4.57. The lowest BCUT2D eigenvalue weighted by Gasteiger charge is -2.16. The van der Waals surface area contributed by atoms with Crippen LogP contribution in [-0.4, -0.2) is 18.2 Å². The van der Waals surface area contributed by atoms with Crippen molar-refractivity contribution in [1.29, 1.82) is 0 Å². The summed E-state index contributed by atoms with van der Waals surface area (Å²) in [7, 11) is 1.67. The average Bonchev–Trinajstić information content (AvgIpc) is 2.33. The van der Waals surface area contributed by atoms with Crippen LogP contribution in [0.4, 0.5) is 0 Å². The minimum atomic E-state index is -0.942. The molecule has 1 aromatic carbocycles. The number of carboxylic acids is 1. The molecule has 0 atom stereocenters. The highest BCUT2D eigenvalue weighted by Crippen LogP contribution is 2.31. The number of rotatable bonds is 4. The van der Waals surface area contributed by atoms with E-state index in [1.54, 1.807) is 13.2 Å². The summed E-state index contributed by atoms with van der Waals surface area (Å²) in [6.07, 6.45) is 4.48. The van der Waals surface area contributed by atoms with Crippen molar-refractivity contribution in [3.63, 3.8) is 0 Å². The molecule has 102 valence electrons. The molecule has 0 aliphatic heterocycles. The third-order valence-corrected chi connectivity index (χ3v) is 3.24. The van der Waals surface area contributed by atoms with Crippen LogP contribution in [0, 0.1) is 20.8 Å². The van der Waals surface area contributed by atoms with Gasteiger partial charge in [-0.3, -0.25) is 0 Å². The fraction of sp³-hybridized carbons (Fsp3) is 0.312. The molecule has 0 radical (unpaired) electrons. The van der Waals surface area contributed by atoms with Gasteiger partial charge in [0.25, 0.3) is 0 Å². The van der Waals surface area contributed by atoms with Crippen LogP contribution in [0.3, 0.4) is 0 Å². The zero-order valence-electron chi connectivity index (χ0n) is 12.1. The molecule has 19 heavy (non-hydrogen) atoms. The van der Waals surface area contributed by atoms with E-state index >= 15 is 0 Å². The van der Waals surface area contributed by atoms with Gasteiger partial charge in [0.2, 0.25) is 0 Å². The Labute approximate surface area is 114 Å². The molecule has 0 unspecified atom stereocenters. The topological polar surface area (TPSA) is 46.5 Å². The smallest absolute Gasteiger partial charge is 0.328 e. The second kappa shape index (κ2) is 6.23. The van der Waals surface area contributed by atoms with Gasteiger partial charge in [-0.25, -0.2) is 4.79 Å². The lowest BCUT2D eigenvalue weighted by Crippen LogP contribution is -1.97. The summed E-state index contributed by atoms with van der Waals surface area (Å²) >= 11 is 0. The molecular formula is C16H20O3. The third-order valence-electron chi connectivity index (χ3n) is 3.24. The zero-order valence-corrected chi connectivity index (χ0v) is 12.1. The van der Waals surface area contributed by atoms with Crippen molar-refractivity contribution in [2.75, 3.05) is 7.11 Å². The maximum absolute atomic E-state index is 10.4. The van der Waals surface area contributed by atoms with E-state index in [-0.39, 0.29) is 0 Å². The second-order valence-corrected chi connectivity index (χ2v) is 4.57. The van der Waals surface area contributed by atoms with Crippen LogP contribution in [0.5, 0.6) is 5.75 Å². The van der Waals surface area contributed by atoms with Crippen molar-refractivity contribution in [1.82, 2.24) is 0 Å². The molecule has 0 aliphatic carbocycles. The molecule has 0 aliphatic rings. The Morgan fingerprint density at radius 2 is 1.89 bits per heavy atom. The zero-order chi connectivity index (χ0) is 14.6. The van der Waals surface area contributed by atoms with E-state index in [0.29, 0.717) is 0 Å². The number of carbonyl (C=O) groups is 1. The van der Waals surface area contributed by atoms with Crippen molar-refractivity contribution >= 4 is 11.5 Å². The van der Waals surface area contributed by atoms with Crippen LogP contribution in [0.1, 0.15) is 29.2 Å². The minimum absolute atomic E-state index is 0.912. The molecule has 0 spiro atoms. The van der Waals surface area contributed by atoms with Crippen LogP contribution in [-0.2, 0) is 4.79 Å². The molecule has 0 aromatic heterocycles. The number of aliphatic carboxylic acids is 1. The quantitative estimate of drug-likeness (QED) is 0.663. The maximum atomic E-state index is 10.4. The van der Waals surface area contributed by atoms with Crippen LogP contribution in [0.15, 0.2) is 24.3 Å². The highest BCUT2D eigenvalue weighted by atomic mass is 16.5. The predicted molar refractivity (Wildman–Crippen MR) is 77.6 cm³/mol. The number of ether oxygens (including phenoxy) is 1. The van der Waals surface area contributed by atoms with Crippen molar-refractivity contribution in [2.24, 2.45) is 0 Å². The lowest BCUT2D eigenvalue weighted by atomic mass is 9.94. The standard InChI is InChI=1S/C16H20O3/c1-10(7-6-8-15(17)18)14-9-11(2)16(19-5)13(4)12(14)3/h6-9H,1-5H3,(H,17,18)/b8-6+,10-7+. The molecule has 0 saturated heterocycles. The summed E-state index contributed by atoms with van der Waals surface area (Å²) in [5, 5.41) is 8.58. The SMILES string of the molecule is COc1c(C)cc(/C(C)=C/C=C/C(=O)O)c(C)c1C. The van der Waals surface area contributed by atoms with Crippen LogP contribution in [0.25, 0.3) is 5.57 Å². The first kappa shape index (κ1) is 15.0. The Morgan fingerprint density at radius 1 is 1.26 bits per heavy atom. The molecule has 0 saturated carbocycles. The first-order valence-electron chi connectivity index (χ1n) is 6.11. The molecular weight excluding hydrogens is 240 g/mol.